The van der Waals surface area contributed by atoms with Crippen LogP contribution in [0.2, 0.25) is 0 Å². The number of benzene rings is 1. The summed E-state index contributed by atoms with van der Waals surface area (Å²) in [6.45, 7) is 6.47. The van der Waals surface area contributed by atoms with Gasteiger partial charge in [0.05, 0.1) is 22.8 Å². The van der Waals surface area contributed by atoms with Crippen molar-refractivity contribution in [2.24, 2.45) is 0 Å². The van der Waals surface area contributed by atoms with E-state index in [1.165, 1.54) is 0 Å². The van der Waals surface area contributed by atoms with Gasteiger partial charge >= 0.3 is 0 Å². The molecule has 6 nitrogen and oxygen atoms in total. The van der Waals surface area contributed by atoms with Crippen molar-refractivity contribution in [3.63, 3.8) is 0 Å². The van der Waals surface area contributed by atoms with Gasteiger partial charge in [-0.3, -0.25) is 0 Å². The maximum Gasteiger partial charge on any atom is 0.177 e. The van der Waals surface area contributed by atoms with E-state index in [1.807, 2.05) is 51.2 Å². The van der Waals surface area contributed by atoms with Crippen molar-refractivity contribution in [1.29, 1.82) is 5.26 Å². The van der Waals surface area contributed by atoms with Crippen LogP contribution in [0.4, 0.5) is 0 Å². The van der Waals surface area contributed by atoms with Gasteiger partial charge in [0.1, 0.15) is 11.6 Å². The van der Waals surface area contributed by atoms with E-state index in [0.717, 1.165) is 39.5 Å². The smallest absolute Gasteiger partial charge is 0.177 e. The number of imidazole rings is 1. The van der Waals surface area contributed by atoms with E-state index < -0.39 is 0 Å². The Morgan fingerprint density at radius 2 is 1.92 bits per heavy atom. The van der Waals surface area contributed by atoms with E-state index in [9.17, 15) is 0 Å². The highest BCUT2D eigenvalue weighted by Gasteiger charge is 2.15. The largest absolute Gasteiger partial charge is 0.361 e. The van der Waals surface area contributed by atoms with Crippen LogP contribution in [0.1, 0.15) is 28.4 Å². The molecule has 0 saturated carbocycles. The Bertz CT molecular complexity index is 1130. The van der Waals surface area contributed by atoms with Crippen LogP contribution in [0.15, 0.2) is 41.1 Å². The Labute approximate surface area is 150 Å². The average Bonchev–Trinajstić information content (AvgIpc) is 3.14. The van der Waals surface area contributed by atoms with Gasteiger partial charge in [0.25, 0.3) is 0 Å². The van der Waals surface area contributed by atoms with Crippen LogP contribution in [0, 0.1) is 32.1 Å². The van der Waals surface area contributed by atoms with Gasteiger partial charge in [-0.15, -0.1) is 0 Å². The van der Waals surface area contributed by atoms with Crippen molar-refractivity contribution in [3.8, 4) is 17.2 Å². The van der Waals surface area contributed by atoms with Crippen molar-refractivity contribution < 1.29 is 4.52 Å². The summed E-state index contributed by atoms with van der Waals surface area (Å²) in [6, 6.07) is 11.8. The molecule has 6 heteroatoms. The number of fused-ring (bicyclic) bond motifs is 1. The minimum absolute atomic E-state index is 0.656. The molecule has 3 heterocycles. The van der Waals surface area contributed by atoms with Gasteiger partial charge in [-0.05, 0) is 44.5 Å². The quantitative estimate of drug-likeness (QED) is 0.563. The maximum atomic E-state index is 8.95. The van der Waals surface area contributed by atoms with Crippen LogP contribution in [-0.4, -0.2) is 19.7 Å². The van der Waals surface area contributed by atoms with Crippen molar-refractivity contribution in [1.82, 2.24) is 19.7 Å². The summed E-state index contributed by atoms with van der Waals surface area (Å²) in [7, 11) is 0. The van der Waals surface area contributed by atoms with E-state index in [2.05, 4.69) is 31.8 Å². The summed E-state index contributed by atoms with van der Waals surface area (Å²) in [5, 5.41) is 13.0. The highest BCUT2D eigenvalue weighted by Crippen LogP contribution is 2.29. The Hall–Kier alpha value is -3.46. The van der Waals surface area contributed by atoms with Crippen LogP contribution in [-0.2, 0) is 6.54 Å². The lowest BCUT2D eigenvalue weighted by Crippen LogP contribution is -2.02. The molecule has 0 N–H and O–H groups in total. The molecule has 3 aromatic heterocycles. The summed E-state index contributed by atoms with van der Waals surface area (Å²) in [5.41, 5.74) is 6.23. The second-order valence-corrected chi connectivity index (χ2v) is 6.32. The summed E-state index contributed by atoms with van der Waals surface area (Å²) in [5.74, 6) is 1.67. The molecule has 1 aromatic carbocycles. The Balaban J connectivity index is 1.80. The third-order valence-electron chi connectivity index (χ3n) is 4.54. The SMILES string of the molecule is Cc1noc(C)c1-c1cnc2nc(C)n(Cc3ccc(C#N)cc3)c2c1. The van der Waals surface area contributed by atoms with Crippen molar-refractivity contribution in [3.05, 3.63) is 64.9 Å². The van der Waals surface area contributed by atoms with E-state index in [4.69, 9.17) is 9.78 Å². The third kappa shape index (κ3) is 2.64. The molecule has 0 fully saturated rings. The number of pyridine rings is 1. The second-order valence-electron chi connectivity index (χ2n) is 6.32. The average molecular weight is 343 g/mol. The van der Waals surface area contributed by atoms with Crippen molar-refractivity contribution in [2.75, 3.05) is 0 Å². The number of hydrogen-bond donors (Lipinski definition) is 0. The first-order valence-electron chi connectivity index (χ1n) is 8.32. The van der Waals surface area contributed by atoms with Gasteiger partial charge in [0.2, 0.25) is 0 Å². The zero-order valence-corrected chi connectivity index (χ0v) is 14.8. The molecule has 26 heavy (non-hydrogen) atoms. The van der Waals surface area contributed by atoms with Crippen LogP contribution < -0.4 is 0 Å². The molecule has 4 aromatic rings. The van der Waals surface area contributed by atoms with Gasteiger partial charge in [0.15, 0.2) is 5.65 Å². The first-order valence-corrected chi connectivity index (χ1v) is 8.32. The standard InChI is InChI=1S/C20H17N5O/c1-12-19(13(2)26-24-12)17-8-18-20(22-10-17)23-14(3)25(18)11-16-6-4-15(9-21)5-7-16/h4-8,10H,11H2,1-3H3. The zero-order chi connectivity index (χ0) is 18.3. The van der Waals surface area contributed by atoms with E-state index in [-0.39, 0.29) is 0 Å². The molecule has 0 aliphatic heterocycles. The van der Waals surface area contributed by atoms with Crippen molar-refractivity contribution in [2.45, 2.75) is 27.3 Å². The van der Waals surface area contributed by atoms with Crippen LogP contribution in [0.5, 0.6) is 0 Å². The molecule has 0 atom stereocenters. The lowest BCUT2D eigenvalue weighted by Gasteiger charge is -2.08. The minimum Gasteiger partial charge on any atom is -0.361 e. The van der Waals surface area contributed by atoms with Gasteiger partial charge in [-0.2, -0.15) is 5.26 Å². The fourth-order valence-electron chi connectivity index (χ4n) is 3.22. The van der Waals surface area contributed by atoms with E-state index in [0.29, 0.717) is 17.8 Å². The molecule has 0 aliphatic carbocycles. The molecular formula is C20H17N5O. The lowest BCUT2D eigenvalue weighted by molar-refractivity contribution is 0.393. The summed E-state index contributed by atoms with van der Waals surface area (Å²) in [6.07, 6.45) is 1.81. The van der Waals surface area contributed by atoms with Gasteiger partial charge in [-0.25, -0.2) is 9.97 Å². The minimum atomic E-state index is 0.656. The Kier molecular flexibility index (Phi) is 3.77. The number of rotatable bonds is 3. The topological polar surface area (TPSA) is 80.5 Å². The molecule has 0 amide bonds. The summed E-state index contributed by atoms with van der Waals surface area (Å²) >= 11 is 0. The van der Waals surface area contributed by atoms with Gasteiger partial charge in [0, 0.05) is 23.9 Å². The third-order valence-corrected chi connectivity index (χ3v) is 4.54. The Morgan fingerprint density at radius 3 is 2.58 bits per heavy atom. The molecule has 0 unspecified atom stereocenters. The molecule has 0 saturated heterocycles. The Morgan fingerprint density at radius 1 is 1.15 bits per heavy atom. The predicted molar refractivity (Wildman–Crippen MR) is 97.5 cm³/mol. The second kappa shape index (κ2) is 6.12. The molecule has 0 bridgehead atoms. The number of aromatic nitrogens is 4. The van der Waals surface area contributed by atoms with Crippen LogP contribution >= 0.6 is 0 Å². The monoisotopic (exact) mass is 343 g/mol. The normalized spacial score (nSPS) is 11.0. The lowest BCUT2D eigenvalue weighted by atomic mass is 10.1. The van der Waals surface area contributed by atoms with E-state index in [1.54, 1.807) is 0 Å². The molecule has 0 spiro atoms. The van der Waals surface area contributed by atoms with Gasteiger partial charge < -0.3 is 9.09 Å². The highest BCUT2D eigenvalue weighted by molar-refractivity contribution is 5.80. The first kappa shape index (κ1) is 16.0. The fourth-order valence-corrected chi connectivity index (χ4v) is 3.22. The molecule has 4 rings (SSSR count). The summed E-state index contributed by atoms with van der Waals surface area (Å²) in [4.78, 5) is 9.10. The van der Waals surface area contributed by atoms with E-state index >= 15 is 0 Å². The molecule has 128 valence electrons. The predicted octanol–water partition coefficient (Wildman–Crippen LogP) is 3.93. The molecular weight excluding hydrogens is 326 g/mol. The maximum absolute atomic E-state index is 8.95. The number of aryl methyl sites for hydroxylation is 3. The summed E-state index contributed by atoms with van der Waals surface area (Å²) < 4.78 is 7.42. The highest BCUT2D eigenvalue weighted by atomic mass is 16.5. The van der Waals surface area contributed by atoms with Crippen LogP contribution in [0.25, 0.3) is 22.3 Å². The van der Waals surface area contributed by atoms with Crippen LogP contribution in [0.3, 0.4) is 0 Å². The first-order chi connectivity index (χ1) is 12.6. The number of nitrogens with zero attached hydrogens (tertiary/aromatic N) is 5. The molecule has 0 radical (unpaired) electrons. The van der Waals surface area contributed by atoms with Crippen molar-refractivity contribution >= 4 is 11.2 Å². The number of nitriles is 1. The zero-order valence-electron chi connectivity index (χ0n) is 14.8. The molecule has 0 aliphatic rings. The fraction of sp³-hybridized carbons (Fsp3) is 0.200. The number of hydrogen-bond acceptors (Lipinski definition) is 5. The van der Waals surface area contributed by atoms with Gasteiger partial charge in [-0.1, -0.05) is 17.3 Å².